The number of benzene rings is 3. The minimum absolute atomic E-state index is 0.0139. The Bertz CT molecular complexity index is 1400. The maximum absolute atomic E-state index is 13.8. The van der Waals surface area contributed by atoms with Crippen molar-refractivity contribution in [1.29, 1.82) is 0 Å². The van der Waals surface area contributed by atoms with Crippen LogP contribution in [0.15, 0.2) is 71.6 Å². The summed E-state index contributed by atoms with van der Waals surface area (Å²) >= 11 is 12.7. The normalized spacial score (nSPS) is 12.1. The fourth-order valence-electron chi connectivity index (χ4n) is 3.82. The number of aryl methyl sites for hydroxylation is 1. The molecule has 0 aliphatic carbocycles. The smallest absolute Gasteiger partial charge is 0.264 e. The molecule has 0 fully saturated rings. The highest BCUT2D eigenvalue weighted by molar-refractivity contribution is 7.92. The number of carbonyl (C=O) groups excluding carboxylic acids is 2. The Morgan fingerprint density at radius 1 is 0.919 bits per heavy atom. The number of nitrogens with zero attached hydrogens (tertiary/aromatic N) is 2. The molecule has 3 aromatic carbocycles. The molecule has 0 spiro atoms. The highest BCUT2D eigenvalue weighted by atomic mass is 35.5. The van der Waals surface area contributed by atoms with Gasteiger partial charge in [0.25, 0.3) is 10.0 Å². The predicted molar refractivity (Wildman–Crippen MR) is 147 cm³/mol. The van der Waals surface area contributed by atoms with E-state index in [0.29, 0.717) is 21.2 Å². The van der Waals surface area contributed by atoms with Gasteiger partial charge in [0.15, 0.2) is 0 Å². The number of hydrogen-bond donors (Lipinski definition) is 1. The van der Waals surface area contributed by atoms with E-state index in [9.17, 15) is 18.0 Å². The third-order valence-corrected chi connectivity index (χ3v) is 8.66. The average molecular weight is 563 g/mol. The monoisotopic (exact) mass is 561 g/mol. The van der Waals surface area contributed by atoms with Crippen molar-refractivity contribution in [3.05, 3.63) is 93.5 Å². The lowest BCUT2D eigenvalue weighted by molar-refractivity contribution is -0.139. The Hall–Kier alpha value is -3.07. The van der Waals surface area contributed by atoms with Crippen molar-refractivity contribution in [2.45, 2.75) is 38.3 Å². The predicted octanol–water partition coefficient (Wildman–Crippen LogP) is 4.97. The summed E-state index contributed by atoms with van der Waals surface area (Å²) < 4.78 is 28.7. The topological polar surface area (TPSA) is 86.8 Å². The lowest BCUT2D eigenvalue weighted by Crippen LogP contribution is -2.50. The first kappa shape index (κ1) is 28.5. The van der Waals surface area contributed by atoms with Crippen molar-refractivity contribution >= 4 is 50.7 Å². The van der Waals surface area contributed by atoms with E-state index >= 15 is 0 Å². The zero-order valence-corrected chi connectivity index (χ0v) is 23.4. The van der Waals surface area contributed by atoms with E-state index in [0.717, 1.165) is 9.87 Å². The molecule has 196 valence electrons. The summed E-state index contributed by atoms with van der Waals surface area (Å²) in [6.45, 7) is 4.58. The molecule has 37 heavy (non-hydrogen) atoms. The molecule has 0 unspecified atom stereocenters. The number of anilines is 1. The van der Waals surface area contributed by atoms with Crippen LogP contribution in [0.25, 0.3) is 0 Å². The van der Waals surface area contributed by atoms with Crippen molar-refractivity contribution < 1.29 is 18.0 Å². The molecular formula is C27H29Cl2N3O4S. The number of hydrogen-bond acceptors (Lipinski definition) is 4. The van der Waals surface area contributed by atoms with Gasteiger partial charge in [0, 0.05) is 23.6 Å². The van der Waals surface area contributed by atoms with Crippen LogP contribution in [0.3, 0.4) is 0 Å². The van der Waals surface area contributed by atoms with Gasteiger partial charge >= 0.3 is 0 Å². The molecule has 0 aliphatic heterocycles. The van der Waals surface area contributed by atoms with Crippen molar-refractivity contribution in [3.8, 4) is 0 Å². The summed E-state index contributed by atoms with van der Waals surface area (Å²) in [5.41, 5.74) is 2.29. The third-order valence-electron chi connectivity index (χ3n) is 6.11. The van der Waals surface area contributed by atoms with Crippen LogP contribution in [0.1, 0.15) is 23.6 Å². The van der Waals surface area contributed by atoms with Crippen molar-refractivity contribution in [3.63, 3.8) is 0 Å². The van der Waals surface area contributed by atoms with Crippen LogP contribution in [0.4, 0.5) is 5.69 Å². The average Bonchev–Trinajstić information content (AvgIpc) is 2.87. The fourth-order valence-corrected chi connectivity index (χ4v) is 5.66. The third kappa shape index (κ3) is 6.44. The number of nitrogens with one attached hydrogen (secondary N) is 1. The van der Waals surface area contributed by atoms with E-state index < -0.39 is 34.4 Å². The van der Waals surface area contributed by atoms with Crippen LogP contribution < -0.4 is 9.62 Å². The number of amides is 2. The van der Waals surface area contributed by atoms with E-state index in [1.807, 2.05) is 6.92 Å². The summed E-state index contributed by atoms with van der Waals surface area (Å²) in [5.74, 6) is -0.974. The summed E-state index contributed by atoms with van der Waals surface area (Å²) in [4.78, 5) is 27.7. The highest BCUT2D eigenvalue weighted by Crippen LogP contribution is 2.31. The fraction of sp³-hybridized carbons (Fsp3) is 0.259. The second kappa shape index (κ2) is 12.0. The van der Waals surface area contributed by atoms with Crippen molar-refractivity contribution in [2.24, 2.45) is 0 Å². The second-order valence-corrected chi connectivity index (χ2v) is 11.3. The first-order chi connectivity index (χ1) is 17.5. The molecule has 3 aromatic rings. The molecule has 10 heteroatoms. The molecule has 0 saturated carbocycles. The molecule has 0 heterocycles. The Morgan fingerprint density at radius 2 is 1.54 bits per heavy atom. The van der Waals surface area contributed by atoms with E-state index in [1.54, 1.807) is 68.4 Å². The van der Waals surface area contributed by atoms with Gasteiger partial charge in [0.2, 0.25) is 11.8 Å². The Labute approximate surface area is 228 Å². The van der Waals surface area contributed by atoms with Crippen LogP contribution in [0.5, 0.6) is 0 Å². The molecule has 3 rings (SSSR count). The molecule has 7 nitrogen and oxygen atoms in total. The van der Waals surface area contributed by atoms with Gasteiger partial charge in [-0.05, 0) is 62.2 Å². The van der Waals surface area contributed by atoms with Crippen LogP contribution in [0.2, 0.25) is 10.0 Å². The van der Waals surface area contributed by atoms with Crippen LogP contribution in [0, 0.1) is 13.8 Å². The summed E-state index contributed by atoms with van der Waals surface area (Å²) in [5, 5.41) is 3.34. The van der Waals surface area contributed by atoms with E-state index in [4.69, 9.17) is 23.2 Å². The Kier molecular flexibility index (Phi) is 9.23. The SMILES string of the molecule is CNC(=O)[C@H](C)N(Cc1ccccc1Cl)C(=O)CN(c1cccc(Cl)c1C)S(=O)(=O)c1ccc(C)cc1. The van der Waals surface area contributed by atoms with Gasteiger partial charge in [-0.15, -0.1) is 0 Å². The van der Waals surface area contributed by atoms with Gasteiger partial charge in [0.05, 0.1) is 10.6 Å². The minimum atomic E-state index is -4.17. The largest absolute Gasteiger partial charge is 0.357 e. The Balaban J connectivity index is 2.09. The van der Waals surface area contributed by atoms with Crippen LogP contribution in [-0.4, -0.2) is 44.8 Å². The quantitative estimate of drug-likeness (QED) is 0.399. The van der Waals surface area contributed by atoms with Crippen LogP contribution in [-0.2, 0) is 26.2 Å². The maximum atomic E-state index is 13.8. The van der Waals surface area contributed by atoms with Gasteiger partial charge in [-0.1, -0.05) is 65.2 Å². The molecule has 1 N–H and O–H groups in total. The van der Waals surface area contributed by atoms with E-state index in [-0.39, 0.29) is 17.1 Å². The lowest BCUT2D eigenvalue weighted by Gasteiger charge is -2.32. The lowest BCUT2D eigenvalue weighted by atomic mass is 10.1. The maximum Gasteiger partial charge on any atom is 0.264 e. The standard InChI is InChI=1S/C27H29Cl2N3O4S/c1-18-12-14-22(15-13-18)37(35,36)32(25-11-7-10-23(28)19(25)2)17-26(33)31(20(3)27(34)30-4)16-21-8-5-6-9-24(21)29/h5-15,20H,16-17H2,1-4H3,(H,30,34)/t20-/m0/s1. The molecular weight excluding hydrogens is 533 g/mol. The van der Waals surface area contributed by atoms with Crippen molar-refractivity contribution in [2.75, 3.05) is 17.9 Å². The highest BCUT2D eigenvalue weighted by Gasteiger charge is 2.33. The molecule has 1 atom stereocenters. The molecule has 0 aromatic heterocycles. The van der Waals surface area contributed by atoms with Crippen LogP contribution >= 0.6 is 23.2 Å². The molecule has 0 saturated heterocycles. The number of sulfonamides is 1. The van der Waals surface area contributed by atoms with Gasteiger partial charge in [-0.25, -0.2) is 8.42 Å². The first-order valence-electron chi connectivity index (χ1n) is 11.6. The number of carbonyl (C=O) groups is 2. The Morgan fingerprint density at radius 3 is 2.16 bits per heavy atom. The van der Waals surface area contributed by atoms with E-state index in [1.165, 1.54) is 24.1 Å². The summed E-state index contributed by atoms with van der Waals surface area (Å²) in [7, 11) is -2.70. The molecule has 0 bridgehead atoms. The second-order valence-electron chi connectivity index (χ2n) is 8.61. The van der Waals surface area contributed by atoms with Gasteiger partial charge < -0.3 is 10.2 Å². The van der Waals surface area contributed by atoms with E-state index in [2.05, 4.69) is 5.32 Å². The van der Waals surface area contributed by atoms with Gasteiger partial charge in [-0.2, -0.15) is 0 Å². The summed E-state index contributed by atoms with van der Waals surface area (Å²) in [6.07, 6.45) is 0. The molecule has 2 amide bonds. The summed E-state index contributed by atoms with van der Waals surface area (Å²) in [6, 6.07) is 17.3. The van der Waals surface area contributed by atoms with Gasteiger partial charge in [-0.3, -0.25) is 13.9 Å². The molecule has 0 aliphatic rings. The zero-order valence-electron chi connectivity index (χ0n) is 21.0. The zero-order chi connectivity index (χ0) is 27.3. The number of rotatable bonds is 9. The van der Waals surface area contributed by atoms with Crippen molar-refractivity contribution in [1.82, 2.24) is 10.2 Å². The number of halogens is 2. The number of likely N-dealkylation sites (N-methyl/N-ethyl adjacent to an activating group) is 1. The van der Waals surface area contributed by atoms with Gasteiger partial charge in [0.1, 0.15) is 12.6 Å². The minimum Gasteiger partial charge on any atom is -0.357 e. The first-order valence-corrected chi connectivity index (χ1v) is 13.8. The molecule has 0 radical (unpaired) electrons.